The molecule has 2 aromatic rings. The Labute approximate surface area is 192 Å². The molecule has 11 heteroatoms. The number of methoxy groups -OCH3 is 1. The van der Waals surface area contributed by atoms with Gasteiger partial charge < -0.3 is 29.4 Å². The summed E-state index contributed by atoms with van der Waals surface area (Å²) in [4.78, 5) is 47.2. The van der Waals surface area contributed by atoms with Crippen molar-refractivity contribution in [1.29, 1.82) is 0 Å². The number of benzene rings is 1. The summed E-state index contributed by atoms with van der Waals surface area (Å²) in [6.45, 7) is 4.64. The van der Waals surface area contributed by atoms with Gasteiger partial charge in [-0.05, 0) is 24.1 Å². The molecule has 2 aliphatic heterocycles. The monoisotopic (exact) mass is 508 g/mol. The molecule has 2 fully saturated rings. The Morgan fingerprint density at radius 3 is 2.72 bits per heavy atom. The van der Waals surface area contributed by atoms with E-state index in [1.807, 2.05) is 13.8 Å². The Balaban J connectivity index is 1.74. The van der Waals surface area contributed by atoms with Gasteiger partial charge in [0.2, 0.25) is 5.91 Å². The summed E-state index contributed by atoms with van der Waals surface area (Å²) in [5.74, 6) is -1.17. The highest BCUT2D eigenvalue weighted by Gasteiger charge is 2.52. The van der Waals surface area contributed by atoms with E-state index in [1.54, 1.807) is 23.1 Å². The molecule has 0 bridgehead atoms. The van der Waals surface area contributed by atoms with Gasteiger partial charge in [-0.15, -0.1) is 0 Å². The molecular weight excluding hydrogens is 484 g/mol. The molecule has 0 aliphatic carbocycles. The van der Waals surface area contributed by atoms with E-state index in [0.29, 0.717) is 36.4 Å². The highest BCUT2D eigenvalue weighted by Crippen LogP contribution is 2.42. The molecule has 2 amide bonds. The average molecular weight is 509 g/mol. The van der Waals surface area contributed by atoms with Crippen LogP contribution in [-0.2, 0) is 19.0 Å². The number of nitrogens with zero attached hydrogens (tertiary/aromatic N) is 2. The molecule has 32 heavy (non-hydrogen) atoms. The number of fused-ring (bicyclic) bond motifs is 1. The van der Waals surface area contributed by atoms with Crippen LogP contribution >= 0.6 is 15.9 Å². The Hall–Kier alpha value is -2.50. The van der Waals surface area contributed by atoms with Crippen molar-refractivity contribution in [3.8, 4) is 0 Å². The van der Waals surface area contributed by atoms with Crippen molar-refractivity contribution in [2.24, 2.45) is 5.92 Å². The fourth-order valence-corrected chi connectivity index (χ4v) is 4.54. The van der Waals surface area contributed by atoms with Gasteiger partial charge in [0.1, 0.15) is 11.9 Å². The molecule has 1 unspecified atom stereocenters. The van der Waals surface area contributed by atoms with Crippen LogP contribution < -0.4 is 10.9 Å². The van der Waals surface area contributed by atoms with Crippen molar-refractivity contribution >= 4 is 38.8 Å². The summed E-state index contributed by atoms with van der Waals surface area (Å²) in [5.41, 5.74) is 0.208. The van der Waals surface area contributed by atoms with Crippen molar-refractivity contribution in [1.82, 2.24) is 20.2 Å². The minimum Gasteiger partial charge on any atom is -0.453 e. The lowest BCUT2D eigenvalue weighted by Crippen LogP contribution is -2.52. The lowest BCUT2D eigenvalue weighted by Gasteiger charge is -2.30. The molecule has 1 aromatic heterocycles. The predicted molar refractivity (Wildman–Crippen MR) is 118 cm³/mol. The first kappa shape index (κ1) is 22.7. The van der Waals surface area contributed by atoms with Crippen molar-refractivity contribution in [3.63, 3.8) is 0 Å². The molecule has 2 N–H and O–H groups in total. The van der Waals surface area contributed by atoms with Crippen LogP contribution in [0.25, 0.3) is 10.9 Å². The number of likely N-dealkylation sites (tertiary alicyclic amines) is 1. The van der Waals surface area contributed by atoms with Gasteiger partial charge in [-0.25, -0.2) is 9.78 Å². The maximum absolute atomic E-state index is 13.6. The number of amides is 2. The summed E-state index contributed by atoms with van der Waals surface area (Å²) in [6, 6.07) is 3.78. The molecule has 0 saturated carbocycles. The number of hydrogen-bond donors (Lipinski definition) is 2. The average Bonchev–Trinajstić information content (AvgIpc) is 3.37. The Kier molecular flexibility index (Phi) is 6.24. The fourth-order valence-electron chi connectivity index (χ4n) is 4.19. The Morgan fingerprint density at radius 1 is 1.34 bits per heavy atom. The van der Waals surface area contributed by atoms with Gasteiger partial charge in [0, 0.05) is 10.9 Å². The molecule has 172 valence electrons. The number of carbonyl (C=O) groups is 2. The number of aromatic nitrogens is 2. The van der Waals surface area contributed by atoms with Crippen molar-refractivity contribution in [2.45, 2.75) is 38.1 Å². The molecule has 2 aliphatic rings. The molecule has 1 spiro atoms. The number of rotatable bonds is 4. The lowest BCUT2D eigenvalue weighted by molar-refractivity contribution is -0.153. The minimum atomic E-state index is -0.974. The third kappa shape index (κ3) is 4.24. The van der Waals surface area contributed by atoms with Crippen LogP contribution in [0.3, 0.4) is 0 Å². The van der Waals surface area contributed by atoms with Crippen molar-refractivity contribution < 1.29 is 23.8 Å². The quantitative estimate of drug-likeness (QED) is 0.647. The zero-order valence-corrected chi connectivity index (χ0v) is 19.6. The van der Waals surface area contributed by atoms with Crippen LogP contribution in [-0.4, -0.2) is 65.6 Å². The van der Waals surface area contributed by atoms with Gasteiger partial charge in [0.05, 0.1) is 43.8 Å². The maximum atomic E-state index is 13.6. The van der Waals surface area contributed by atoms with Gasteiger partial charge >= 0.3 is 6.09 Å². The van der Waals surface area contributed by atoms with Crippen molar-refractivity contribution in [3.05, 3.63) is 38.9 Å². The van der Waals surface area contributed by atoms with E-state index < -0.39 is 24.0 Å². The van der Waals surface area contributed by atoms with Crippen LogP contribution in [0.5, 0.6) is 0 Å². The molecule has 2 atom stereocenters. The number of hydrogen-bond acceptors (Lipinski definition) is 7. The first-order chi connectivity index (χ1) is 15.2. The number of carbonyl (C=O) groups excluding carboxylic acids is 2. The zero-order chi connectivity index (χ0) is 23.0. The second-order valence-corrected chi connectivity index (χ2v) is 9.18. The fraction of sp³-hybridized carbons (Fsp3) is 0.524. The van der Waals surface area contributed by atoms with Crippen LogP contribution in [0.15, 0.2) is 27.5 Å². The van der Waals surface area contributed by atoms with Crippen LogP contribution in [0.4, 0.5) is 4.79 Å². The van der Waals surface area contributed by atoms with E-state index in [4.69, 9.17) is 9.47 Å². The lowest BCUT2D eigenvalue weighted by atomic mass is 10.0. The molecule has 0 radical (unpaired) electrons. The summed E-state index contributed by atoms with van der Waals surface area (Å²) in [7, 11) is 1.24. The SMILES string of the molecule is COC(=O)N[C@H](C(=O)N1CC2(CC1c1nc3cc(Br)ccc3c(=O)[nH]1)OCCO2)C(C)C. The summed E-state index contributed by atoms with van der Waals surface area (Å²) < 4.78 is 17.2. The van der Waals surface area contributed by atoms with Crippen LogP contribution in [0.1, 0.15) is 32.1 Å². The van der Waals surface area contributed by atoms with Gasteiger partial charge in [0.15, 0.2) is 5.79 Å². The summed E-state index contributed by atoms with van der Waals surface area (Å²) >= 11 is 3.40. The van der Waals surface area contributed by atoms with Crippen LogP contribution in [0, 0.1) is 5.92 Å². The standard InChI is InChI=1S/C21H25BrN4O6/c1-11(2)16(24-20(29)30-3)19(28)26-10-21(31-6-7-32-21)9-15(26)17-23-14-8-12(22)4-5-13(14)18(27)25-17/h4-5,8,11,15-16H,6-7,9-10H2,1-3H3,(H,24,29)(H,23,25,27)/t15?,16-/m0/s1. The van der Waals surface area contributed by atoms with E-state index in [1.165, 1.54) is 7.11 Å². The normalized spacial score (nSPS) is 20.8. The Bertz CT molecular complexity index is 1100. The second-order valence-electron chi connectivity index (χ2n) is 8.26. The third-order valence-electron chi connectivity index (χ3n) is 5.78. The van der Waals surface area contributed by atoms with E-state index in [-0.39, 0.29) is 23.9 Å². The van der Waals surface area contributed by atoms with E-state index in [0.717, 1.165) is 4.47 Å². The number of nitrogens with one attached hydrogen (secondary N) is 2. The molecule has 2 saturated heterocycles. The van der Waals surface area contributed by atoms with Gasteiger partial charge in [-0.1, -0.05) is 29.8 Å². The van der Waals surface area contributed by atoms with Gasteiger partial charge in [-0.3, -0.25) is 9.59 Å². The number of alkyl carbamates (subject to hydrolysis) is 1. The highest BCUT2D eigenvalue weighted by molar-refractivity contribution is 9.10. The number of H-pyrrole nitrogens is 1. The Morgan fingerprint density at radius 2 is 2.06 bits per heavy atom. The zero-order valence-electron chi connectivity index (χ0n) is 18.0. The molecule has 1 aromatic carbocycles. The molecular formula is C21H25BrN4O6. The highest BCUT2D eigenvalue weighted by atomic mass is 79.9. The van der Waals surface area contributed by atoms with E-state index >= 15 is 0 Å². The second kappa shape index (κ2) is 8.80. The maximum Gasteiger partial charge on any atom is 0.407 e. The number of halogens is 1. The van der Waals surface area contributed by atoms with Gasteiger partial charge in [0.25, 0.3) is 5.56 Å². The van der Waals surface area contributed by atoms with E-state index in [2.05, 4.69) is 36.0 Å². The molecule has 4 rings (SSSR count). The first-order valence-corrected chi connectivity index (χ1v) is 11.1. The summed E-state index contributed by atoms with van der Waals surface area (Å²) in [5, 5.41) is 3.06. The first-order valence-electron chi connectivity index (χ1n) is 10.4. The smallest absolute Gasteiger partial charge is 0.407 e. The van der Waals surface area contributed by atoms with Gasteiger partial charge in [-0.2, -0.15) is 0 Å². The number of ether oxygens (including phenoxy) is 3. The third-order valence-corrected chi connectivity index (χ3v) is 6.28. The minimum absolute atomic E-state index is 0.156. The number of aromatic amines is 1. The topological polar surface area (TPSA) is 123 Å². The van der Waals surface area contributed by atoms with Crippen molar-refractivity contribution in [2.75, 3.05) is 26.9 Å². The predicted octanol–water partition coefficient (Wildman–Crippen LogP) is 2.08. The largest absolute Gasteiger partial charge is 0.453 e. The molecule has 10 nitrogen and oxygen atoms in total. The van der Waals surface area contributed by atoms with Crippen LogP contribution in [0.2, 0.25) is 0 Å². The van der Waals surface area contributed by atoms with E-state index in [9.17, 15) is 14.4 Å². The summed E-state index contributed by atoms with van der Waals surface area (Å²) in [6.07, 6.45) is -0.387. The molecule has 3 heterocycles.